The smallest absolute Gasteiger partial charge is 0.0492 e. The summed E-state index contributed by atoms with van der Waals surface area (Å²) in [4.78, 5) is 0. The Bertz CT molecular complexity index is 1280. The van der Waals surface area contributed by atoms with Gasteiger partial charge in [0.05, 0.1) is 0 Å². The maximum atomic E-state index is 2.54. The standard InChI is InChI=1S/C28H29N/c1-16-17(2)19(4)28(18(16)3)24-12-8-6-10-20(24)22-14-23-21-11-7-9-13-26(21)29(5)27(23)15-25(22)28/h6-19H,1-5H3/t16-,17+,18-,19+,28?. The molecular formula is C28H29N. The predicted octanol–water partition coefficient (Wildman–Crippen LogP) is 7.16. The van der Waals surface area contributed by atoms with E-state index in [-0.39, 0.29) is 5.41 Å². The summed E-state index contributed by atoms with van der Waals surface area (Å²) < 4.78 is 2.39. The van der Waals surface area contributed by atoms with Gasteiger partial charge in [-0.15, -0.1) is 0 Å². The van der Waals surface area contributed by atoms with E-state index >= 15 is 0 Å². The van der Waals surface area contributed by atoms with Crippen LogP contribution in [0.25, 0.3) is 32.9 Å². The van der Waals surface area contributed by atoms with Gasteiger partial charge in [0.25, 0.3) is 0 Å². The fourth-order valence-electron chi connectivity index (χ4n) is 7.13. The normalized spacial score (nSPS) is 30.4. The van der Waals surface area contributed by atoms with Crippen molar-refractivity contribution in [2.75, 3.05) is 0 Å². The number of hydrogen-bond donors (Lipinski definition) is 0. The van der Waals surface area contributed by atoms with Gasteiger partial charge in [0.2, 0.25) is 0 Å². The summed E-state index contributed by atoms with van der Waals surface area (Å²) in [5, 5.41) is 2.74. The predicted molar refractivity (Wildman–Crippen MR) is 123 cm³/mol. The van der Waals surface area contributed by atoms with Gasteiger partial charge in [0.1, 0.15) is 0 Å². The Kier molecular flexibility index (Phi) is 3.31. The highest BCUT2D eigenvalue weighted by Gasteiger charge is 2.58. The van der Waals surface area contributed by atoms with Crippen LogP contribution in [0.2, 0.25) is 0 Å². The number of hydrogen-bond acceptors (Lipinski definition) is 0. The number of aryl methyl sites for hydroxylation is 1. The third kappa shape index (κ3) is 1.83. The van der Waals surface area contributed by atoms with E-state index in [2.05, 4.69) is 100.0 Å². The minimum Gasteiger partial charge on any atom is -0.344 e. The maximum absolute atomic E-state index is 2.54. The van der Waals surface area contributed by atoms with E-state index in [9.17, 15) is 0 Å². The molecule has 5 atom stereocenters. The lowest BCUT2D eigenvalue weighted by atomic mass is 9.65. The Morgan fingerprint density at radius 2 is 1.31 bits per heavy atom. The zero-order chi connectivity index (χ0) is 20.1. The van der Waals surface area contributed by atoms with Crippen molar-refractivity contribution in [2.45, 2.75) is 33.1 Å². The van der Waals surface area contributed by atoms with Crippen LogP contribution in [0.15, 0.2) is 60.7 Å². The molecule has 146 valence electrons. The van der Waals surface area contributed by atoms with Gasteiger partial charge in [0.15, 0.2) is 0 Å². The Morgan fingerprint density at radius 3 is 2.07 bits per heavy atom. The molecule has 29 heavy (non-hydrogen) atoms. The second-order valence-corrected chi connectivity index (χ2v) is 9.70. The van der Waals surface area contributed by atoms with Crippen LogP contribution in [0, 0.1) is 23.7 Å². The van der Waals surface area contributed by atoms with Crippen molar-refractivity contribution in [1.82, 2.24) is 4.57 Å². The molecule has 0 saturated heterocycles. The van der Waals surface area contributed by atoms with Crippen LogP contribution in [0.4, 0.5) is 0 Å². The second-order valence-electron chi connectivity index (χ2n) is 9.70. The van der Waals surface area contributed by atoms with Gasteiger partial charge in [-0.25, -0.2) is 0 Å². The van der Waals surface area contributed by atoms with Crippen molar-refractivity contribution in [3.63, 3.8) is 0 Å². The molecule has 0 N–H and O–H groups in total. The summed E-state index contributed by atoms with van der Waals surface area (Å²) in [6, 6.07) is 23.1. The van der Waals surface area contributed by atoms with Crippen LogP contribution in [0.5, 0.6) is 0 Å². The van der Waals surface area contributed by atoms with Crippen molar-refractivity contribution < 1.29 is 0 Å². The average molecular weight is 380 g/mol. The Morgan fingerprint density at radius 1 is 0.655 bits per heavy atom. The zero-order valence-electron chi connectivity index (χ0n) is 18.0. The van der Waals surface area contributed by atoms with Crippen LogP contribution in [0.3, 0.4) is 0 Å². The van der Waals surface area contributed by atoms with Gasteiger partial charge in [-0.3, -0.25) is 0 Å². The first kappa shape index (κ1) is 17.3. The molecule has 1 spiro atoms. The van der Waals surface area contributed by atoms with E-state index in [1.54, 1.807) is 11.1 Å². The van der Waals surface area contributed by atoms with E-state index < -0.39 is 0 Å². The minimum absolute atomic E-state index is 0.120. The van der Waals surface area contributed by atoms with Crippen LogP contribution in [-0.4, -0.2) is 4.57 Å². The van der Waals surface area contributed by atoms with E-state index in [4.69, 9.17) is 0 Å². The van der Waals surface area contributed by atoms with Gasteiger partial charge in [-0.1, -0.05) is 70.2 Å². The highest BCUT2D eigenvalue weighted by molar-refractivity contribution is 6.10. The van der Waals surface area contributed by atoms with E-state index in [1.807, 2.05) is 0 Å². The van der Waals surface area contributed by atoms with Crippen molar-refractivity contribution in [2.24, 2.45) is 30.7 Å². The zero-order valence-corrected chi connectivity index (χ0v) is 18.0. The fourth-order valence-corrected chi connectivity index (χ4v) is 7.13. The molecule has 1 unspecified atom stereocenters. The van der Waals surface area contributed by atoms with E-state index in [0.29, 0.717) is 23.7 Å². The lowest BCUT2D eigenvalue weighted by molar-refractivity contribution is 0.313. The molecule has 3 aromatic carbocycles. The molecule has 2 aliphatic carbocycles. The highest BCUT2D eigenvalue weighted by Crippen LogP contribution is 2.65. The van der Waals surface area contributed by atoms with Crippen LogP contribution in [-0.2, 0) is 12.5 Å². The Balaban J connectivity index is 1.78. The topological polar surface area (TPSA) is 4.93 Å². The monoisotopic (exact) mass is 379 g/mol. The molecule has 0 radical (unpaired) electrons. The van der Waals surface area contributed by atoms with E-state index in [0.717, 1.165) is 0 Å². The molecule has 1 fully saturated rings. The molecule has 0 amide bonds. The number of nitrogens with zero attached hydrogens (tertiary/aromatic N) is 1. The second kappa shape index (κ2) is 5.53. The largest absolute Gasteiger partial charge is 0.344 e. The van der Waals surface area contributed by atoms with Crippen LogP contribution < -0.4 is 0 Å². The molecule has 1 aromatic heterocycles. The molecule has 1 heteroatoms. The summed E-state index contributed by atoms with van der Waals surface area (Å²) in [6.45, 7) is 9.94. The highest BCUT2D eigenvalue weighted by atomic mass is 14.9. The molecule has 6 rings (SSSR count). The van der Waals surface area contributed by atoms with Gasteiger partial charge in [-0.05, 0) is 64.1 Å². The van der Waals surface area contributed by atoms with Crippen molar-refractivity contribution in [3.05, 3.63) is 71.8 Å². The van der Waals surface area contributed by atoms with Crippen LogP contribution >= 0.6 is 0 Å². The summed E-state index contributed by atoms with van der Waals surface area (Å²) in [5.74, 6) is 2.68. The van der Waals surface area contributed by atoms with Gasteiger partial charge in [-0.2, -0.15) is 0 Å². The molecule has 4 aromatic rings. The molecule has 1 heterocycles. The maximum Gasteiger partial charge on any atom is 0.0492 e. The first-order valence-corrected chi connectivity index (χ1v) is 11.1. The lowest BCUT2D eigenvalue weighted by Crippen LogP contribution is -2.35. The SMILES string of the molecule is C[C@@H]1[C@H](C)[C@H](C)C2(c3ccccc3-c3cc4c5ccccc5n(C)c4cc32)[C@@H]1C. The number of benzene rings is 3. The number of rotatable bonds is 0. The van der Waals surface area contributed by atoms with Gasteiger partial charge >= 0.3 is 0 Å². The minimum atomic E-state index is 0.120. The van der Waals surface area contributed by atoms with Gasteiger partial charge < -0.3 is 4.57 Å². The first-order chi connectivity index (χ1) is 14.0. The summed E-state index contributed by atoms with van der Waals surface area (Å²) in [7, 11) is 2.22. The third-order valence-electron chi connectivity index (χ3n) is 9.00. The first-order valence-electron chi connectivity index (χ1n) is 11.1. The number of para-hydroxylation sites is 1. The van der Waals surface area contributed by atoms with Crippen molar-refractivity contribution in [1.29, 1.82) is 0 Å². The molecule has 0 aliphatic heterocycles. The quantitative estimate of drug-likeness (QED) is 0.305. The number of fused-ring (bicyclic) bond motifs is 8. The summed E-state index contributed by atoms with van der Waals surface area (Å²) in [5.41, 5.74) is 8.85. The fraction of sp³-hybridized carbons (Fsp3) is 0.357. The summed E-state index contributed by atoms with van der Waals surface area (Å²) >= 11 is 0. The summed E-state index contributed by atoms with van der Waals surface area (Å²) in [6.07, 6.45) is 0. The lowest BCUT2D eigenvalue weighted by Gasteiger charge is -2.37. The van der Waals surface area contributed by atoms with Crippen molar-refractivity contribution in [3.8, 4) is 11.1 Å². The molecular weight excluding hydrogens is 350 g/mol. The number of aromatic nitrogens is 1. The van der Waals surface area contributed by atoms with Crippen LogP contribution in [0.1, 0.15) is 38.8 Å². The van der Waals surface area contributed by atoms with Crippen molar-refractivity contribution >= 4 is 21.8 Å². The average Bonchev–Trinajstić information content (AvgIpc) is 3.26. The molecule has 2 aliphatic rings. The third-order valence-corrected chi connectivity index (χ3v) is 9.00. The molecule has 1 nitrogen and oxygen atoms in total. The van der Waals surface area contributed by atoms with E-state index in [1.165, 1.54) is 32.9 Å². The Labute approximate surface area is 173 Å². The molecule has 1 saturated carbocycles. The van der Waals surface area contributed by atoms with Gasteiger partial charge in [0, 0.05) is 34.3 Å². The molecule has 0 bridgehead atoms. The Hall–Kier alpha value is -2.54.